The molecule has 0 amide bonds. The minimum Gasteiger partial charge on any atom is -0.396 e. The van der Waals surface area contributed by atoms with Crippen molar-refractivity contribution in [3.63, 3.8) is 0 Å². The monoisotopic (exact) mass is 213 g/mol. The normalized spacial score (nSPS) is 26.5. The number of carbonyl (C=O) groups is 1. The van der Waals surface area contributed by atoms with E-state index in [4.69, 9.17) is 5.11 Å². The van der Waals surface area contributed by atoms with Gasteiger partial charge in [-0.05, 0) is 31.7 Å². The highest BCUT2D eigenvalue weighted by atomic mass is 16.3. The summed E-state index contributed by atoms with van der Waals surface area (Å²) in [7, 11) is 0. The van der Waals surface area contributed by atoms with Crippen molar-refractivity contribution < 1.29 is 9.90 Å². The van der Waals surface area contributed by atoms with E-state index in [1.54, 1.807) is 0 Å². The van der Waals surface area contributed by atoms with Crippen molar-refractivity contribution in [1.29, 1.82) is 0 Å². The zero-order chi connectivity index (χ0) is 11.1. The number of rotatable bonds is 6. The number of hydrogen-bond donors (Lipinski definition) is 2. The average molecular weight is 213 g/mol. The van der Waals surface area contributed by atoms with Crippen molar-refractivity contribution in [3.8, 4) is 0 Å². The molecule has 15 heavy (non-hydrogen) atoms. The van der Waals surface area contributed by atoms with Crippen LogP contribution in [0.3, 0.4) is 0 Å². The molecule has 1 rings (SSSR count). The Morgan fingerprint density at radius 2 is 2.33 bits per heavy atom. The van der Waals surface area contributed by atoms with Crippen molar-refractivity contribution in [2.75, 3.05) is 13.2 Å². The first kappa shape index (κ1) is 12.7. The van der Waals surface area contributed by atoms with Gasteiger partial charge in [-0.15, -0.1) is 0 Å². The van der Waals surface area contributed by atoms with Gasteiger partial charge in [-0.2, -0.15) is 0 Å². The fourth-order valence-electron chi connectivity index (χ4n) is 2.34. The molecule has 1 fully saturated rings. The molecule has 2 atom stereocenters. The molecule has 3 nitrogen and oxygen atoms in total. The second-order valence-corrected chi connectivity index (χ2v) is 4.48. The molecule has 2 N–H and O–H groups in total. The van der Waals surface area contributed by atoms with Crippen LogP contribution in [0.25, 0.3) is 0 Å². The third-order valence-electron chi connectivity index (χ3n) is 3.18. The first-order chi connectivity index (χ1) is 7.27. The lowest BCUT2D eigenvalue weighted by Crippen LogP contribution is -2.43. The van der Waals surface area contributed by atoms with Crippen LogP contribution in [0.1, 0.15) is 45.4 Å². The van der Waals surface area contributed by atoms with Crippen molar-refractivity contribution in [3.05, 3.63) is 0 Å². The second kappa shape index (κ2) is 6.96. The highest BCUT2D eigenvalue weighted by Gasteiger charge is 2.25. The van der Waals surface area contributed by atoms with Gasteiger partial charge in [0.2, 0.25) is 0 Å². The van der Waals surface area contributed by atoms with Gasteiger partial charge in [0.15, 0.2) is 0 Å². The Morgan fingerprint density at radius 1 is 1.53 bits per heavy atom. The third-order valence-corrected chi connectivity index (χ3v) is 3.18. The summed E-state index contributed by atoms with van der Waals surface area (Å²) in [6.45, 7) is 3.29. The van der Waals surface area contributed by atoms with Crippen molar-refractivity contribution >= 4 is 5.78 Å². The molecule has 1 saturated heterocycles. The standard InChI is InChI=1S/C12H23NO2/c1-2-4-10-6-7-13-11(9-10)12(15)5-3-8-14/h10-11,13-14H,2-9H2,1H3. The van der Waals surface area contributed by atoms with E-state index < -0.39 is 0 Å². The molecule has 0 radical (unpaired) electrons. The van der Waals surface area contributed by atoms with Crippen LogP contribution in [0.4, 0.5) is 0 Å². The molecule has 2 unspecified atom stereocenters. The highest BCUT2D eigenvalue weighted by molar-refractivity contribution is 5.84. The van der Waals surface area contributed by atoms with Crippen LogP contribution in [0.15, 0.2) is 0 Å². The van der Waals surface area contributed by atoms with Gasteiger partial charge in [-0.1, -0.05) is 19.8 Å². The van der Waals surface area contributed by atoms with Gasteiger partial charge in [0.1, 0.15) is 5.78 Å². The van der Waals surface area contributed by atoms with Crippen LogP contribution >= 0.6 is 0 Å². The molecular formula is C12H23NO2. The van der Waals surface area contributed by atoms with Gasteiger partial charge < -0.3 is 10.4 Å². The summed E-state index contributed by atoms with van der Waals surface area (Å²) in [5, 5.41) is 12.0. The van der Waals surface area contributed by atoms with E-state index in [2.05, 4.69) is 12.2 Å². The zero-order valence-corrected chi connectivity index (χ0v) is 9.67. The lowest BCUT2D eigenvalue weighted by Gasteiger charge is -2.29. The summed E-state index contributed by atoms with van der Waals surface area (Å²) in [6, 6.07) is 0.0573. The van der Waals surface area contributed by atoms with Gasteiger partial charge in [0, 0.05) is 13.0 Å². The summed E-state index contributed by atoms with van der Waals surface area (Å²) in [6.07, 6.45) is 5.78. The van der Waals surface area contributed by atoms with Crippen LogP contribution < -0.4 is 5.32 Å². The van der Waals surface area contributed by atoms with Crippen LogP contribution in [0.5, 0.6) is 0 Å². The Morgan fingerprint density at radius 3 is 3.00 bits per heavy atom. The summed E-state index contributed by atoms with van der Waals surface area (Å²) < 4.78 is 0. The molecular weight excluding hydrogens is 190 g/mol. The molecule has 88 valence electrons. The SMILES string of the molecule is CCCC1CCNC(C(=O)CCCO)C1. The fourth-order valence-corrected chi connectivity index (χ4v) is 2.34. The van der Waals surface area contributed by atoms with Crippen molar-refractivity contribution in [2.45, 2.75) is 51.5 Å². The second-order valence-electron chi connectivity index (χ2n) is 4.48. The van der Waals surface area contributed by atoms with Crippen LogP contribution in [-0.4, -0.2) is 30.1 Å². The molecule has 0 saturated carbocycles. The Kier molecular flexibility index (Phi) is 5.88. The zero-order valence-electron chi connectivity index (χ0n) is 9.67. The molecule has 0 aromatic carbocycles. The summed E-state index contributed by atoms with van der Waals surface area (Å²) in [4.78, 5) is 11.7. The smallest absolute Gasteiger partial charge is 0.149 e. The van der Waals surface area contributed by atoms with E-state index in [0.29, 0.717) is 12.8 Å². The summed E-state index contributed by atoms with van der Waals surface area (Å²) in [5.41, 5.74) is 0. The first-order valence-electron chi connectivity index (χ1n) is 6.14. The predicted molar refractivity (Wildman–Crippen MR) is 60.7 cm³/mol. The topological polar surface area (TPSA) is 49.3 Å². The van der Waals surface area contributed by atoms with E-state index in [1.165, 1.54) is 19.3 Å². The maximum absolute atomic E-state index is 11.7. The molecule has 1 heterocycles. The first-order valence-corrected chi connectivity index (χ1v) is 6.14. The number of aliphatic hydroxyl groups is 1. The third kappa shape index (κ3) is 4.31. The van der Waals surface area contributed by atoms with Crippen LogP contribution in [-0.2, 0) is 4.79 Å². The van der Waals surface area contributed by atoms with Crippen LogP contribution in [0, 0.1) is 5.92 Å². The minimum atomic E-state index is 0.0573. The average Bonchev–Trinajstić information content (AvgIpc) is 2.27. The van der Waals surface area contributed by atoms with E-state index in [1.807, 2.05) is 0 Å². The molecule has 0 aromatic heterocycles. The molecule has 1 aliphatic heterocycles. The Hall–Kier alpha value is -0.410. The number of ketones is 1. The Bertz CT molecular complexity index is 192. The number of hydrogen-bond acceptors (Lipinski definition) is 3. The molecule has 0 spiro atoms. The number of piperidine rings is 1. The summed E-state index contributed by atoms with van der Waals surface area (Å²) in [5.74, 6) is 1.00. The Labute approximate surface area is 92.3 Å². The van der Waals surface area contributed by atoms with Gasteiger partial charge >= 0.3 is 0 Å². The van der Waals surface area contributed by atoms with Gasteiger partial charge in [-0.3, -0.25) is 4.79 Å². The van der Waals surface area contributed by atoms with Crippen LogP contribution in [0.2, 0.25) is 0 Å². The Balaban J connectivity index is 2.31. The van der Waals surface area contributed by atoms with Gasteiger partial charge in [0.25, 0.3) is 0 Å². The number of Topliss-reactive ketones (excluding diaryl/α,β-unsaturated/α-hetero) is 1. The number of nitrogens with one attached hydrogen (secondary N) is 1. The minimum absolute atomic E-state index is 0.0573. The largest absolute Gasteiger partial charge is 0.396 e. The maximum atomic E-state index is 11.7. The quantitative estimate of drug-likeness (QED) is 0.703. The molecule has 0 aliphatic carbocycles. The number of carbonyl (C=O) groups excluding carboxylic acids is 1. The maximum Gasteiger partial charge on any atom is 0.149 e. The molecule has 0 bridgehead atoms. The van der Waals surface area contributed by atoms with Gasteiger partial charge in [-0.25, -0.2) is 0 Å². The lowest BCUT2D eigenvalue weighted by atomic mass is 9.86. The summed E-state index contributed by atoms with van der Waals surface area (Å²) >= 11 is 0. The van der Waals surface area contributed by atoms with E-state index in [-0.39, 0.29) is 18.4 Å². The van der Waals surface area contributed by atoms with E-state index >= 15 is 0 Å². The molecule has 1 aliphatic rings. The molecule has 3 heteroatoms. The lowest BCUT2D eigenvalue weighted by molar-refractivity contribution is -0.122. The number of aliphatic hydroxyl groups excluding tert-OH is 1. The van der Waals surface area contributed by atoms with Gasteiger partial charge in [0.05, 0.1) is 6.04 Å². The predicted octanol–water partition coefficient (Wildman–Crippen LogP) is 1.50. The van der Waals surface area contributed by atoms with E-state index in [0.717, 1.165) is 18.9 Å². The molecule has 0 aromatic rings. The van der Waals surface area contributed by atoms with E-state index in [9.17, 15) is 4.79 Å². The highest BCUT2D eigenvalue weighted by Crippen LogP contribution is 2.22. The van der Waals surface area contributed by atoms with Crippen molar-refractivity contribution in [2.24, 2.45) is 5.92 Å². The fraction of sp³-hybridized carbons (Fsp3) is 0.917. The van der Waals surface area contributed by atoms with Crippen molar-refractivity contribution in [1.82, 2.24) is 5.32 Å².